The van der Waals surface area contributed by atoms with E-state index in [-0.39, 0.29) is 29.1 Å². The summed E-state index contributed by atoms with van der Waals surface area (Å²) in [5.41, 5.74) is -0.0537. The van der Waals surface area contributed by atoms with Crippen LogP contribution >= 0.6 is 0 Å². The second-order valence-corrected chi connectivity index (χ2v) is 5.63. The van der Waals surface area contributed by atoms with E-state index in [9.17, 15) is 9.59 Å². The van der Waals surface area contributed by atoms with Gasteiger partial charge in [0, 0.05) is 13.2 Å². The van der Waals surface area contributed by atoms with Gasteiger partial charge in [0.15, 0.2) is 11.5 Å². The molecule has 0 bridgehead atoms. The van der Waals surface area contributed by atoms with Crippen LogP contribution < -0.4 is 19.6 Å². The fourth-order valence-corrected chi connectivity index (χ4v) is 2.54. The van der Waals surface area contributed by atoms with Crippen LogP contribution in [-0.4, -0.2) is 26.8 Å². The van der Waals surface area contributed by atoms with Crippen LogP contribution in [0.25, 0.3) is 11.0 Å². The highest BCUT2D eigenvalue weighted by Crippen LogP contribution is 2.32. The minimum Gasteiger partial charge on any atom is -0.493 e. The van der Waals surface area contributed by atoms with Gasteiger partial charge in [-0.2, -0.15) is 0 Å². The summed E-state index contributed by atoms with van der Waals surface area (Å²) in [7, 11) is 2.91. The van der Waals surface area contributed by atoms with Crippen molar-refractivity contribution in [2.24, 2.45) is 0 Å². The van der Waals surface area contributed by atoms with Crippen LogP contribution in [-0.2, 0) is 9.53 Å². The molecule has 0 saturated heterocycles. The molecule has 0 atom stereocenters. The molecule has 0 spiro atoms. The summed E-state index contributed by atoms with van der Waals surface area (Å²) >= 11 is 0. The summed E-state index contributed by atoms with van der Waals surface area (Å²) in [6, 6.07) is 11.5. The lowest BCUT2D eigenvalue weighted by Crippen LogP contribution is -2.14. The van der Waals surface area contributed by atoms with Crippen molar-refractivity contribution in [3.63, 3.8) is 0 Å². The van der Waals surface area contributed by atoms with Crippen molar-refractivity contribution in [2.45, 2.75) is 6.92 Å². The lowest BCUT2D eigenvalue weighted by Gasteiger charge is -2.12. The van der Waals surface area contributed by atoms with Crippen molar-refractivity contribution in [1.82, 2.24) is 0 Å². The second-order valence-electron chi connectivity index (χ2n) is 5.63. The third kappa shape index (κ3) is 3.93. The molecule has 27 heavy (non-hydrogen) atoms. The number of methoxy groups -OCH3 is 2. The highest BCUT2D eigenvalue weighted by molar-refractivity contribution is 5.81. The Balaban J connectivity index is 1.99. The Labute approximate surface area is 155 Å². The first kappa shape index (κ1) is 18.5. The molecular formula is C20H18O7. The third-order valence-corrected chi connectivity index (χ3v) is 3.76. The molecule has 0 fully saturated rings. The molecule has 0 N–H and O–H groups in total. The first-order valence-corrected chi connectivity index (χ1v) is 8.11. The maximum Gasteiger partial charge on any atom is 0.337 e. The minimum absolute atomic E-state index is 0.0659. The van der Waals surface area contributed by atoms with Gasteiger partial charge in [-0.1, -0.05) is 12.1 Å². The monoisotopic (exact) mass is 370 g/mol. The van der Waals surface area contributed by atoms with Crippen molar-refractivity contribution in [3.05, 3.63) is 58.4 Å². The van der Waals surface area contributed by atoms with Crippen LogP contribution in [0.15, 0.2) is 51.7 Å². The number of para-hydroxylation sites is 2. The molecule has 2 aromatic carbocycles. The highest BCUT2D eigenvalue weighted by atomic mass is 16.6. The van der Waals surface area contributed by atoms with Crippen LogP contribution in [0.2, 0.25) is 0 Å². The van der Waals surface area contributed by atoms with Gasteiger partial charge in [-0.15, -0.1) is 0 Å². The number of hydrogen-bond acceptors (Lipinski definition) is 7. The molecule has 3 aromatic rings. The molecule has 0 radical (unpaired) electrons. The van der Waals surface area contributed by atoms with E-state index in [0.717, 1.165) is 0 Å². The van der Waals surface area contributed by atoms with Gasteiger partial charge in [-0.25, -0.2) is 4.79 Å². The predicted octanol–water partition coefficient (Wildman–Crippen LogP) is 3.45. The van der Waals surface area contributed by atoms with Gasteiger partial charge in [0.1, 0.15) is 23.7 Å². The number of hydrogen-bond donors (Lipinski definition) is 0. The van der Waals surface area contributed by atoms with Gasteiger partial charge in [0.05, 0.1) is 12.5 Å². The van der Waals surface area contributed by atoms with E-state index >= 15 is 0 Å². The summed E-state index contributed by atoms with van der Waals surface area (Å²) in [5.74, 6) is 0.962. The fourth-order valence-electron chi connectivity index (χ4n) is 2.54. The number of rotatable bonds is 6. The normalized spacial score (nSPS) is 10.6. The lowest BCUT2D eigenvalue weighted by molar-refractivity contribution is -0.138. The van der Waals surface area contributed by atoms with Crippen molar-refractivity contribution < 1.29 is 28.2 Å². The van der Waals surface area contributed by atoms with E-state index in [4.69, 9.17) is 23.4 Å². The van der Waals surface area contributed by atoms with Crippen LogP contribution in [0.3, 0.4) is 0 Å². The van der Waals surface area contributed by atoms with E-state index in [1.807, 2.05) is 0 Å². The first-order valence-electron chi connectivity index (χ1n) is 8.11. The zero-order valence-electron chi connectivity index (χ0n) is 15.1. The number of ether oxygens (including phenoxy) is 4. The Morgan fingerprint density at radius 1 is 1.07 bits per heavy atom. The van der Waals surface area contributed by atoms with Crippen LogP contribution in [0.5, 0.6) is 23.0 Å². The number of esters is 1. The standard InChI is InChI=1S/C20H18O7/c1-12-20(27-16-7-5-4-6-15(16)24-3)19(22)14-9-8-13(10-17(14)25-12)26-18(21)11-23-2/h4-10H,11H2,1-3H3. The third-order valence-electron chi connectivity index (χ3n) is 3.76. The van der Waals surface area contributed by atoms with Crippen molar-refractivity contribution >= 4 is 16.9 Å². The Morgan fingerprint density at radius 3 is 2.52 bits per heavy atom. The van der Waals surface area contributed by atoms with E-state index in [1.54, 1.807) is 31.2 Å². The molecule has 0 aliphatic carbocycles. The van der Waals surface area contributed by atoms with Gasteiger partial charge in [-0.05, 0) is 31.2 Å². The quantitative estimate of drug-likeness (QED) is 0.485. The van der Waals surface area contributed by atoms with Gasteiger partial charge in [0.2, 0.25) is 11.2 Å². The molecular weight excluding hydrogens is 352 g/mol. The van der Waals surface area contributed by atoms with Gasteiger partial charge >= 0.3 is 5.97 Å². The Bertz CT molecular complexity index is 1040. The molecule has 0 saturated carbocycles. The first-order chi connectivity index (χ1) is 13.0. The Kier molecular flexibility index (Phi) is 5.42. The number of fused-ring (bicyclic) bond motifs is 1. The molecule has 3 rings (SSSR count). The zero-order chi connectivity index (χ0) is 19.4. The largest absolute Gasteiger partial charge is 0.493 e. The van der Waals surface area contributed by atoms with E-state index < -0.39 is 5.97 Å². The van der Waals surface area contributed by atoms with E-state index in [1.165, 1.54) is 32.4 Å². The maximum atomic E-state index is 12.8. The summed E-state index contributed by atoms with van der Waals surface area (Å²) < 4.78 is 26.6. The summed E-state index contributed by atoms with van der Waals surface area (Å²) in [4.78, 5) is 24.4. The molecule has 0 amide bonds. The van der Waals surface area contributed by atoms with Crippen molar-refractivity contribution in [3.8, 4) is 23.0 Å². The second kappa shape index (κ2) is 7.92. The SMILES string of the molecule is COCC(=O)Oc1ccc2c(=O)c(Oc3ccccc3OC)c(C)oc2c1. The summed E-state index contributed by atoms with van der Waals surface area (Å²) in [6.07, 6.45) is 0. The molecule has 1 aromatic heterocycles. The highest BCUT2D eigenvalue weighted by Gasteiger charge is 2.16. The minimum atomic E-state index is -0.549. The summed E-state index contributed by atoms with van der Waals surface area (Å²) in [5, 5.41) is 0.303. The molecule has 0 unspecified atom stereocenters. The van der Waals surface area contributed by atoms with Crippen LogP contribution in [0.4, 0.5) is 0 Å². The summed E-state index contributed by atoms with van der Waals surface area (Å²) in [6.45, 7) is 1.45. The Hall–Kier alpha value is -3.32. The van der Waals surface area contributed by atoms with E-state index in [2.05, 4.69) is 0 Å². The van der Waals surface area contributed by atoms with Crippen LogP contribution in [0, 0.1) is 6.92 Å². The van der Waals surface area contributed by atoms with Crippen molar-refractivity contribution in [1.29, 1.82) is 0 Å². The topological polar surface area (TPSA) is 84.2 Å². The molecule has 7 heteroatoms. The van der Waals surface area contributed by atoms with E-state index in [0.29, 0.717) is 22.6 Å². The van der Waals surface area contributed by atoms with Gasteiger partial charge in [-0.3, -0.25) is 4.79 Å². The number of carbonyl (C=O) groups excluding carboxylic acids is 1. The van der Waals surface area contributed by atoms with Crippen LogP contribution in [0.1, 0.15) is 5.76 Å². The van der Waals surface area contributed by atoms with Crippen molar-refractivity contribution in [2.75, 3.05) is 20.8 Å². The average molecular weight is 370 g/mol. The van der Waals surface area contributed by atoms with Gasteiger partial charge < -0.3 is 23.4 Å². The molecule has 7 nitrogen and oxygen atoms in total. The fraction of sp³-hybridized carbons (Fsp3) is 0.200. The maximum absolute atomic E-state index is 12.8. The van der Waals surface area contributed by atoms with Gasteiger partial charge in [0.25, 0.3) is 0 Å². The lowest BCUT2D eigenvalue weighted by atomic mass is 10.2. The number of carbonyl (C=O) groups is 1. The molecule has 0 aliphatic rings. The molecule has 0 aliphatic heterocycles. The predicted molar refractivity (Wildman–Crippen MR) is 97.8 cm³/mol. The number of benzene rings is 2. The number of aryl methyl sites for hydroxylation is 1. The average Bonchev–Trinajstić information content (AvgIpc) is 2.65. The smallest absolute Gasteiger partial charge is 0.337 e. The Morgan fingerprint density at radius 2 is 1.81 bits per heavy atom. The molecule has 140 valence electrons. The molecule has 1 heterocycles. The zero-order valence-corrected chi connectivity index (χ0v) is 15.1.